The molecular formula is C11H14N4O4S. The number of aliphatic carboxylic acids is 1. The van der Waals surface area contributed by atoms with Crippen molar-refractivity contribution in [3.05, 3.63) is 16.6 Å². The lowest BCUT2D eigenvalue weighted by Gasteiger charge is -2.08. The Labute approximate surface area is 117 Å². The minimum atomic E-state index is -0.955. The molecule has 1 atom stereocenters. The number of fused-ring (bicyclic) bond motifs is 1. The van der Waals surface area contributed by atoms with Crippen LogP contribution in [0.15, 0.2) is 16.1 Å². The van der Waals surface area contributed by atoms with Gasteiger partial charge in [0, 0.05) is 0 Å². The molecule has 0 aliphatic carbocycles. The molecule has 2 aromatic heterocycles. The van der Waals surface area contributed by atoms with Gasteiger partial charge in [-0.25, -0.2) is 9.67 Å². The molecule has 0 saturated carbocycles. The number of carbonyl (C=O) groups is 1. The summed E-state index contributed by atoms with van der Waals surface area (Å²) in [6.45, 7) is 1.85. The van der Waals surface area contributed by atoms with Crippen molar-refractivity contribution in [3.8, 4) is 0 Å². The van der Waals surface area contributed by atoms with Crippen LogP contribution in [0.3, 0.4) is 0 Å². The van der Waals surface area contributed by atoms with Crippen LogP contribution in [0.5, 0.6) is 0 Å². The van der Waals surface area contributed by atoms with E-state index in [9.17, 15) is 9.59 Å². The van der Waals surface area contributed by atoms with Crippen LogP contribution < -0.4 is 5.56 Å². The van der Waals surface area contributed by atoms with Gasteiger partial charge in [0.1, 0.15) is 10.6 Å². The van der Waals surface area contributed by atoms with Crippen LogP contribution >= 0.6 is 11.8 Å². The molecule has 0 spiro atoms. The Hall–Kier alpha value is -1.87. The van der Waals surface area contributed by atoms with Crippen LogP contribution in [0.1, 0.15) is 13.3 Å². The van der Waals surface area contributed by atoms with Gasteiger partial charge in [-0.05, 0) is 6.42 Å². The second-order valence-electron chi connectivity index (χ2n) is 4.05. The fourth-order valence-electron chi connectivity index (χ4n) is 1.70. The number of H-pyrrole nitrogens is 1. The number of nitrogens with one attached hydrogen (secondary N) is 1. The summed E-state index contributed by atoms with van der Waals surface area (Å²) >= 11 is 0.986. The predicted octanol–water partition coefficient (Wildman–Crippen LogP) is 0.0672. The molecule has 0 unspecified atom stereocenters. The molecule has 0 aromatic carbocycles. The number of aliphatic hydroxyl groups excluding tert-OH is 1. The largest absolute Gasteiger partial charge is 0.480 e. The molecule has 0 fully saturated rings. The third-order valence-electron chi connectivity index (χ3n) is 2.70. The van der Waals surface area contributed by atoms with E-state index in [-0.39, 0.29) is 23.9 Å². The van der Waals surface area contributed by atoms with E-state index in [1.807, 2.05) is 0 Å². The Balaban J connectivity index is 2.42. The lowest BCUT2D eigenvalue weighted by Crippen LogP contribution is -2.17. The zero-order valence-electron chi connectivity index (χ0n) is 10.7. The van der Waals surface area contributed by atoms with E-state index >= 15 is 0 Å². The van der Waals surface area contributed by atoms with Crippen molar-refractivity contribution >= 4 is 28.8 Å². The van der Waals surface area contributed by atoms with E-state index in [0.717, 1.165) is 11.8 Å². The molecule has 0 aliphatic rings. The molecule has 2 rings (SSSR count). The first-order valence-electron chi connectivity index (χ1n) is 6.03. The van der Waals surface area contributed by atoms with Crippen molar-refractivity contribution < 1.29 is 15.0 Å². The summed E-state index contributed by atoms with van der Waals surface area (Å²) in [7, 11) is 0. The van der Waals surface area contributed by atoms with Gasteiger partial charge in [0.15, 0.2) is 10.8 Å². The van der Waals surface area contributed by atoms with Crippen LogP contribution in [0.4, 0.5) is 0 Å². The summed E-state index contributed by atoms with van der Waals surface area (Å²) in [4.78, 5) is 29.7. The van der Waals surface area contributed by atoms with Crippen LogP contribution in [0, 0.1) is 0 Å². The maximum absolute atomic E-state index is 11.9. The topological polar surface area (TPSA) is 121 Å². The summed E-state index contributed by atoms with van der Waals surface area (Å²) in [6, 6.07) is 0. The van der Waals surface area contributed by atoms with Crippen molar-refractivity contribution in [2.75, 3.05) is 6.61 Å². The minimum Gasteiger partial charge on any atom is -0.480 e. The molecule has 20 heavy (non-hydrogen) atoms. The Morgan fingerprint density at radius 2 is 2.35 bits per heavy atom. The number of rotatable bonds is 6. The van der Waals surface area contributed by atoms with E-state index in [0.29, 0.717) is 17.5 Å². The molecule has 9 heteroatoms. The average Bonchev–Trinajstić information content (AvgIpc) is 2.80. The number of aliphatic hydroxyl groups is 1. The second-order valence-corrected chi connectivity index (χ2v) is 5.24. The van der Waals surface area contributed by atoms with Crippen LogP contribution in [-0.4, -0.2) is 47.8 Å². The SMILES string of the molecule is CC[C@@H](Sc1nc2c(cnn2CCO)c(=O)[nH]1)C(=O)O. The zero-order valence-corrected chi connectivity index (χ0v) is 11.6. The smallest absolute Gasteiger partial charge is 0.317 e. The van der Waals surface area contributed by atoms with Gasteiger partial charge in [0.2, 0.25) is 0 Å². The van der Waals surface area contributed by atoms with Crippen LogP contribution in [-0.2, 0) is 11.3 Å². The number of hydrogen-bond donors (Lipinski definition) is 3. The molecule has 0 aliphatic heterocycles. The Morgan fingerprint density at radius 1 is 1.60 bits per heavy atom. The van der Waals surface area contributed by atoms with Gasteiger partial charge in [0.25, 0.3) is 5.56 Å². The summed E-state index contributed by atoms with van der Waals surface area (Å²) in [5.41, 5.74) is -0.0347. The van der Waals surface area contributed by atoms with E-state index in [4.69, 9.17) is 10.2 Å². The molecule has 0 amide bonds. The van der Waals surface area contributed by atoms with Gasteiger partial charge >= 0.3 is 5.97 Å². The third kappa shape index (κ3) is 2.83. The first kappa shape index (κ1) is 14.5. The zero-order chi connectivity index (χ0) is 14.7. The van der Waals surface area contributed by atoms with E-state index in [2.05, 4.69) is 15.1 Å². The van der Waals surface area contributed by atoms with E-state index in [1.165, 1.54) is 10.9 Å². The molecule has 108 valence electrons. The van der Waals surface area contributed by atoms with Gasteiger partial charge < -0.3 is 15.2 Å². The van der Waals surface area contributed by atoms with Crippen molar-refractivity contribution in [3.63, 3.8) is 0 Å². The maximum Gasteiger partial charge on any atom is 0.317 e. The van der Waals surface area contributed by atoms with Gasteiger partial charge in [-0.3, -0.25) is 9.59 Å². The van der Waals surface area contributed by atoms with Crippen molar-refractivity contribution in [2.45, 2.75) is 30.3 Å². The second kappa shape index (κ2) is 6.06. The quantitative estimate of drug-likeness (QED) is 0.509. The molecule has 2 heterocycles. The highest BCUT2D eigenvalue weighted by Crippen LogP contribution is 2.22. The number of carboxylic acid groups (broad SMARTS) is 1. The van der Waals surface area contributed by atoms with Crippen LogP contribution in [0.25, 0.3) is 11.0 Å². The van der Waals surface area contributed by atoms with Crippen LogP contribution in [0.2, 0.25) is 0 Å². The lowest BCUT2D eigenvalue weighted by atomic mass is 10.3. The van der Waals surface area contributed by atoms with E-state index in [1.54, 1.807) is 6.92 Å². The fourth-order valence-corrected chi connectivity index (χ4v) is 2.53. The van der Waals surface area contributed by atoms with Gasteiger partial charge in [-0.2, -0.15) is 5.10 Å². The molecule has 2 aromatic rings. The molecule has 0 radical (unpaired) electrons. The maximum atomic E-state index is 11.9. The summed E-state index contributed by atoms with van der Waals surface area (Å²) in [6.07, 6.45) is 1.79. The summed E-state index contributed by atoms with van der Waals surface area (Å²) in [5, 5.41) is 21.8. The Morgan fingerprint density at radius 3 is 2.95 bits per heavy atom. The number of nitrogens with zero attached hydrogens (tertiary/aromatic N) is 3. The number of aromatic nitrogens is 4. The summed E-state index contributed by atoms with van der Waals surface area (Å²) in [5.74, 6) is -0.955. The molecule has 0 saturated heterocycles. The Bertz CT molecular complexity index is 681. The normalized spacial score (nSPS) is 12.7. The average molecular weight is 298 g/mol. The van der Waals surface area contributed by atoms with E-state index < -0.39 is 11.2 Å². The summed E-state index contributed by atoms with van der Waals surface area (Å²) < 4.78 is 1.41. The van der Waals surface area contributed by atoms with Crippen molar-refractivity contribution in [2.24, 2.45) is 0 Å². The minimum absolute atomic E-state index is 0.125. The highest BCUT2D eigenvalue weighted by Gasteiger charge is 2.19. The standard InChI is InChI=1S/C11H14N4O4S/c1-2-7(10(18)19)20-11-13-8-6(9(17)14-11)5-12-15(8)3-4-16/h5,7,16H,2-4H2,1H3,(H,18,19)(H,13,14,17)/t7-/m1/s1. The number of thioether (sulfide) groups is 1. The number of aromatic amines is 1. The molecular weight excluding hydrogens is 284 g/mol. The lowest BCUT2D eigenvalue weighted by molar-refractivity contribution is -0.136. The molecule has 3 N–H and O–H groups in total. The third-order valence-corrected chi connectivity index (χ3v) is 3.93. The first-order valence-corrected chi connectivity index (χ1v) is 6.91. The molecule has 0 bridgehead atoms. The van der Waals surface area contributed by atoms with Gasteiger partial charge in [-0.1, -0.05) is 18.7 Å². The van der Waals surface area contributed by atoms with Gasteiger partial charge in [-0.15, -0.1) is 0 Å². The highest BCUT2D eigenvalue weighted by molar-refractivity contribution is 8.00. The Kier molecular flexibility index (Phi) is 4.40. The fraction of sp³-hybridized carbons (Fsp3) is 0.455. The monoisotopic (exact) mass is 298 g/mol. The number of hydrogen-bond acceptors (Lipinski definition) is 6. The predicted molar refractivity (Wildman–Crippen MR) is 72.8 cm³/mol. The highest BCUT2D eigenvalue weighted by atomic mass is 32.2. The number of carboxylic acids is 1. The van der Waals surface area contributed by atoms with Crippen molar-refractivity contribution in [1.29, 1.82) is 0 Å². The van der Waals surface area contributed by atoms with Crippen molar-refractivity contribution in [1.82, 2.24) is 19.7 Å². The van der Waals surface area contributed by atoms with Gasteiger partial charge in [0.05, 0.1) is 19.3 Å². The molecule has 8 nitrogen and oxygen atoms in total. The first-order chi connectivity index (χ1) is 9.56.